The van der Waals surface area contributed by atoms with Crippen LogP contribution in [-0.4, -0.2) is 24.9 Å². The normalized spacial score (nSPS) is 20.2. The molecule has 2 rings (SSSR count). The minimum atomic E-state index is -0.767. The van der Waals surface area contributed by atoms with E-state index in [0.29, 0.717) is 17.8 Å². The van der Waals surface area contributed by atoms with Crippen LogP contribution in [0.3, 0.4) is 0 Å². The molecule has 1 fully saturated rings. The van der Waals surface area contributed by atoms with E-state index in [2.05, 4.69) is 0 Å². The lowest BCUT2D eigenvalue weighted by atomic mass is 9.78. The Hall–Kier alpha value is -0.775. The van der Waals surface area contributed by atoms with Gasteiger partial charge in [-0.15, -0.1) is 0 Å². The molecule has 1 aliphatic heterocycles. The van der Waals surface area contributed by atoms with Crippen LogP contribution in [0.4, 0.5) is 4.39 Å². The molecule has 3 nitrogen and oxygen atoms in total. The van der Waals surface area contributed by atoms with Gasteiger partial charge in [0.05, 0.1) is 22.8 Å². The molecule has 0 saturated carbocycles. The molecule has 0 bridgehead atoms. The van der Waals surface area contributed by atoms with E-state index >= 15 is 0 Å². The van der Waals surface area contributed by atoms with E-state index in [1.807, 2.05) is 34.6 Å². The van der Waals surface area contributed by atoms with Crippen LogP contribution < -0.4 is 10.2 Å². The van der Waals surface area contributed by atoms with Gasteiger partial charge in [-0.2, -0.15) is 0 Å². The van der Waals surface area contributed by atoms with Crippen LogP contribution in [0, 0.1) is 5.82 Å². The molecule has 110 valence electrons. The summed E-state index contributed by atoms with van der Waals surface area (Å²) in [5, 5.41) is 0.240. The summed E-state index contributed by atoms with van der Waals surface area (Å²) in [5.74, 6) is -0.0303. The van der Waals surface area contributed by atoms with Gasteiger partial charge in [-0.1, -0.05) is 11.6 Å². The Morgan fingerprint density at radius 3 is 2.25 bits per heavy atom. The van der Waals surface area contributed by atoms with E-state index in [0.717, 1.165) is 0 Å². The predicted octanol–water partition coefficient (Wildman–Crippen LogP) is 3.18. The van der Waals surface area contributed by atoms with Crippen LogP contribution in [0.15, 0.2) is 12.1 Å². The highest BCUT2D eigenvalue weighted by Gasteiger charge is 2.52. The van der Waals surface area contributed by atoms with Crippen molar-refractivity contribution < 1.29 is 18.4 Å². The van der Waals surface area contributed by atoms with E-state index in [1.54, 1.807) is 6.07 Å². The Labute approximate surface area is 124 Å². The molecular formula is C14H19BClFO3. The van der Waals surface area contributed by atoms with Crippen LogP contribution in [0.2, 0.25) is 5.02 Å². The van der Waals surface area contributed by atoms with Gasteiger partial charge in [-0.25, -0.2) is 4.39 Å². The summed E-state index contributed by atoms with van der Waals surface area (Å²) in [6.07, 6.45) is 0. The van der Waals surface area contributed by atoms with Crippen molar-refractivity contribution in [2.75, 3.05) is 6.61 Å². The first-order chi connectivity index (χ1) is 9.18. The first-order valence-electron chi connectivity index (χ1n) is 6.65. The van der Waals surface area contributed by atoms with Crippen molar-refractivity contribution >= 4 is 24.2 Å². The van der Waals surface area contributed by atoms with Crippen molar-refractivity contribution in [3.8, 4) is 5.75 Å². The van der Waals surface area contributed by atoms with Crippen molar-refractivity contribution in [1.29, 1.82) is 0 Å². The lowest BCUT2D eigenvalue weighted by Gasteiger charge is -2.32. The van der Waals surface area contributed by atoms with Gasteiger partial charge in [0, 0.05) is 5.46 Å². The molecular weight excluding hydrogens is 281 g/mol. The third kappa shape index (κ3) is 2.67. The van der Waals surface area contributed by atoms with Crippen molar-refractivity contribution in [1.82, 2.24) is 0 Å². The zero-order valence-corrected chi connectivity index (χ0v) is 13.2. The summed E-state index contributed by atoms with van der Waals surface area (Å²) in [7, 11) is -0.767. The topological polar surface area (TPSA) is 27.7 Å². The van der Waals surface area contributed by atoms with Gasteiger partial charge in [-0.05, 0) is 46.8 Å². The molecule has 1 aromatic carbocycles. The molecule has 0 amide bonds. The SMILES string of the molecule is CCOc1cc(B2OC(C)(C)C(C)(C)O2)c(F)cc1Cl. The van der Waals surface area contributed by atoms with Crippen molar-refractivity contribution in [2.45, 2.75) is 45.8 Å². The molecule has 20 heavy (non-hydrogen) atoms. The van der Waals surface area contributed by atoms with Crippen molar-refractivity contribution in [3.63, 3.8) is 0 Å². The Kier molecular flexibility index (Phi) is 4.06. The molecule has 0 atom stereocenters. The van der Waals surface area contributed by atoms with Crippen LogP contribution in [0.1, 0.15) is 34.6 Å². The highest BCUT2D eigenvalue weighted by Crippen LogP contribution is 2.37. The lowest BCUT2D eigenvalue weighted by Crippen LogP contribution is -2.41. The Morgan fingerprint density at radius 1 is 1.20 bits per heavy atom. The van der Waals surface area contributed by atoms with E-state index < -0.39 is 24.1 Å². The maximum absolute atomic E-state index is 14.1. The minimum absolute atomic E-state index is 0.240. The molecule has 1 heterocycles. The fourth-order valence-electron chi connectivity index (χ4n) is 1.96. The van der Waals surface area contributed by atoms with Gasteiger partial charge in [0.1, 0.15) is 11.6 Å². The van der Waals surface area contributed by atoms with Gasteiger partial charge >= 0.3 is 7.12 Å². The summed E-state index contributed by atoms with van der Waals surface area (Å²) in [5.41, 5.74) is -0.734. The zero-order valence-electron chi connectivity index (χ0n) is 12.4. The summed E-state index contributed by atoms with van der Waals surface area (Å²) in [6, 6.07) is 2.77. The van der Waals surface area contributed by atoms with Gasteiger partial charge in [0.2, 0.25) is 0 Å². The largest absolute Gasteiger partial charge is 0.497 e. The van der Waals surface area contributed by atoms with Crippen LogP contribution in [0.25, 0.3) is 0 Å². The molecule has 1 aromatic rings. The summed E-state index contributed by atoms with van der Waals surface area (Å²) in [6.45, 7) is 9.98. The van der Waals surface area contributed by atoms with E-state index in [9.17, 15) is 4.39 Å². The van der Waals surface area contributed by atoms with Gasteiger partial charge in [0.25, 0.3) is 0 Å². The number of hydrogen-bond acceptors (Lipinski definition) is 3. The standard InChI is InChI=1S/C14H19BClFO3/c1-6-18-12-7-9(11(17)8-10(12)16)15-19-13(2,3)14(4,5)20-15/h7-8H,6H2,1-5H3. The fraction of sp³-hybridized carbons (Fsp3) is 0.571. The number of halogens is 2. The molecule has 0 aliphatic carbocycles. The third-order valence-corrected chi connectivity index (χ3v) is 4.15. The zero-order chi connectivity index (χ0) is 15.1. The van der Waals surface area contributed by atoms with Crippen LogP contribution >= 0.6 is 11.6 Å². The van der Waals surface area contributed by atoms with Crippen molar-refractivity contribution in [2.24, 2.45) is 0 Å². The second-order valence-electron chi connectivity index (χ2n) is 5.83. The van der Waals surface area contributed by atoms with Gasteiger partial charge in [0.15, 0.2) is 0 Å². The summed E-state index contributed by atoms with van der Waals surface area (Å²) in [4.78, 5) is 0. The molecule has 0 N–H and O–H groups in total. The molecule has 0 unspecified atom stereocenters. The second kappa shape index (κ2) is 5.21. The van der Waals surface area contributed by atoms with E-state index in [1.165, 1.54) is 6.07 Å². The van der Waals surface area contributed by atoms with Crippen LogP contribution in [-0.2, 0) is 9.31 Å². The molecule has 0 spiro atoms. The first-order valence-corrected chi connectivity index (χ1v) is 7.03. The van der Waals surface area contributed by atoms with E-state index in [4.69, 9.17) is 25.6 Å². The smallest absolute Gasteiger partial charge is 0.492 e. The quantitative estimate of drug-likeness (QED) is 0.803. The first kappa shape index (κ1) is 15.6. The third-order valence-electron chi connectivity index (χ3n) is 3.86. The number of hydrogen-bond donors (Lipinski definition) is 0. The minimum Gasteiger partial charge on any atom is -0.492 e. The van der Waals surface area contributed by atoms with Gasteiger partial charge < -0.3 is 14.0 Å². The maximum atomic E-state index is 14.1. The monoisotopic (exact) mass is 300 g/mol. The molecule has 0 aromatic heterocycles. The van der Waals surface area contributed by atoms with E-state index in [-0.39, 0.29) is 5.02 Å². The number of ether oxygens (including phenoxy) is 1. The molecule has 1 aliphatic rings. The molecule has 6 heteroatoms. The predicted molar refractivity (Wildman–Crippen MR) is 78.3 cm³/mol. The lowest BCUT2D eigenvalue weighted by molar-refractivity contribution is 0.00578. The average Bonchev–Trinajstić information content (AvgIpc) is 2.52. The summed E-state index contributed by atoms with van der Waals surface area (Å²) < 4.78 is 31.2. The molecule has 0 radical (unpaired) electrons. The average molecular weight is 301 g/mol. The van der Waals surface area contributed by atoms with Gasteiger partial charge in [-0.3, -0.25) is 0 Å². The Balaban J connectivity index is 2.37. The highest BCUT2D eigenvalue weighted by atomic mass is 35.5. The fourth-order valence-corrected chi connectivity index (χ4v) is 2.17. The van der Waals surface area contributed by atoms with Crippen molar-refractivity contribution in [3.05, 3.63) is 23.0 Å². The maximum Gasteiger partial charge on any atom is 0.497 e. The number of rotatable bonds is 3. The molecule has 1 saturated heterocycles. The Bertz CT molecular complexity index is 503. The Morgan fingerprint density at radius 2 is 1.75 bits per heavy atom. The second-order valence-corrected chi connectivity index (χ2v) is 6.23. The number of benzene rings is 1. The highest BCUT2D eigenvalue weighted by molar-refractivity contribution is 6.62. The summed E-state index contributed by atoms with van der Waals surface area (Å²) >= 11 is 5.95. The van der Waals surface area contributed by atoms with Crippen LogP contribution in [0.5, 0.6) is 5.75 Å².